The van der Waals surface area contributed by atoms with E-state index in [9.17, 15) is 9.90 Å². The molecule has 0 radical (unpaired) electrons. The summed E-state index contributed by atoms with van der Waals surface area (Å²) in [5, 5.41) is 13.1. The minimum absolute atomic E-state index is 0.163. The van der Waals surface area contributed by atoms with E-state index < -0.39 is 0 Å². The number of unbranched alkanes of at least 4 members (excludes halogenated alkanes) is 8. The highest BCUT2D eigenvalue weighted by Gasteiger charge is 2.22. The van der Waals surface area contributed by atoms with Crippen molar-refractivity contribution >= 4 is 5.91 Å². The molecule has 0 aromatic rings. The minimum Gasteiger partial charge on any atom is -0.393 e. The van der Waals surface area contributed by atoms with Crippen molar-refractivity contribution < 1.29 is 14.4 Å². The van der Waals surface area contributed by atoms with Crippen LogP contribution in [0.4, 0.5) is 0 Å². The summed E-state index contributed by atoms with van der Waals surface area (Å²) in [6, 6.07) is 0. The molecule has 0 aliphatic heterocycles. The van der Waals surface area contributed by atoms with Crippen LogP contribution in [0.2, 0.25) is 0 Å². The Morgan fingerprint density at radius 3 is 2.21 bits per heavy atom. The molecule has 0 aliphatic carbocycles. The average Bonchev–Trinajstić information content (AvgIpc) is 2.63. The number of aliphatic hydroxyl groups excluding tert-OH is 1. The van der Waals surface area contributed by atoms with Crippen molar-refractivity contribution in [3.05, 3.63) is 12.2 Å². The molecule has 0 heterocycles. The molecule has 0 bridgehead atoms. The Labute approximate surface area is 175 Å². The van der Waals surface area contributed by atoms with Gasteiger partial charge in [-0.2, -0.15) is 0 Å². The summed E-state index contributed by atoms with van der Waals surface area (Å²) in [7, 11) is 6.37. The van der Waals surface area contributed by atoms with Gasteiger partial charge in [-0.05, 0) is 32.1 Å². The molecule has 0 spiro atoms. The summed E-state index contributed by atoms with van der Waals surface area (Å²) in [6.07, 6.45) is 19.5. The number of hydrogen-bond acceptors (Lipinski definition) is 2. The van der Waals surface area contributed by atoms with E-state index in [2.05, 4.69) is 52.5 Å². The van der Waals surface area contributed by atoms with Crippen molar-refractivity contribution in [3.63, 3.8) is 0 Å². The molecular weight excluding hydrogens is 348 g/mol. The molecular formula is C24H49N2O2+. The van der Waals surface area contributed by atoms with E-state index in [-0.39, 0.29) is 18.2 Å². The van der Waals surface area contributed by atoms with E-state index in [0.717, 1.165) is 49.4 Å². The number of allylic oxidation sites excluding steroid dienone is 1. The van der Waals surface area contributed by atoms with Gasteiger partial charge in [0.25, 0.3) is 0 Å². The first-order chi connectivity index (χ1) is 13.3. The van der Waals surface area contributed by atoms with Gasteiger partial charge in [0.15, 0.2) is 6.17 Å². The van der Waals surface area contributed by atoms with Gasteiger partial charge in [0.2, 0.25) is 5.91 Å². The van der Waals surface area contributed by atoms with Crippen LogP contribution in [0.1, 0.15) is 104 Å². The van der Waals surface area contributed by atoms with Crippen LogP contribution >= 0.6 is 0 Å². The normalized spacial score (nSPS) is 14.4. The summed E-state index contributed by atoms with van der Waals surface area (Å²) in [6.45, 7) is 4.34. The molecule has 0 saturated carbocycles. The van der Waals surface area contributed by atoms with E-state index in [1.165, 1.54) is 38.5 Å². The molecule has 2 atom stereocenters. The maximum Gasteiger partial charge on any atom is 0.224 e. The number of nitrogens with one attached hydrogen (secondary N) is 1. The van der Waals surface area contributed by atoms with E-state index in [0.29, 0.717) is 6.42 Å². The molecule has 2 N–H and O–H groups in total. The van der Waals surface area contributed by atoms with Crippen LogP contribution in [0.3, 0.4) is 0 Å². The van der Waals surface area contributed by atoms with Crippen LogP contribution in [0, 0.1) is 0 Å². The number of nitrogens with zero attached hydrogens (tertiary/aromatic N) is 1. The standard InChI is InChI=1S/C24H48N2O2/c1-6-8-9-16-19-22(27)20-17-14-12-10-11-13-15-18-21-24(28)25-23(7-2)26(3,4)5/h14,17,22-23,27H,6-13,15-16,18-21H2,1-5H3/p+1/b17-14-/t22-,23?/m1/s1. The smallest absolute Gasteiger partial charge is 0.224 e. The summed E-state index contributed by atoms with van der Waals surface area (Å²) in [4.78, 5) is 12.1. The molecule has 0 rings (SSSR count). The number of quaternary nitrogens is 1. The number of hydrogen-bond donors (Lipinski definition) is 2. The van der Waals surface area contributed by atoms with E-state index in [4.69, 9.17) is 0 Å². The zero-order valence-corrected chi connectivity index (χ0v) is 19.5. The molecule has 0 aromatic heterocycles. The summed E-state index contributed by atoms with van der Waals surface area (Å²) in [5.74, 6) is 0.191. The lowest BCUT2D eigenvalue weighted by molar-refractivity contribution is -0.898. The maximum absolute atomic E-state index is 12.1. The monoisotopic (exact) mass is 397 g/mol. The van der Waals surface area contributed by atoms with Crippen molar-refractivity contribution in [2.75, 3.05) is 21.1 Å². The Morgan fingerprint density at radius 2 is 1.57 bits per heavy atom. The van der Waals surface area contributed by atoms with Gasteiger partial charge in [-0.3, -0.25) is 4.79 Å². The van der Waals surface area contributed by atoms with Crippen LogP contribution in [-0.4, -0.2) is 48.9 Å². The van der Waals surface area contributed by atoms with Crippen LogP contribution in [0.25, 0.3) is 0 Å². The number of aliphatic hydroxyl groups is 1. The van der Waals surface area contributed by atoms with E-state index in [1.54, 1.807) is 0 Å². The quantitative estimate of drug-likeness (QED) is 0.138. The third kappa shape index (κ3) is 16.1. The highest BCUT2D eigenvalue weighted by molar-refractivity contribution is 5.75. The molecule has 0 fully saturated rings. The lowest BCUT2D eigenvalue weighted by Crippen LogP contribution is -2.54. The van der Waals surface area contributed by atoms with Crippen LogP contribution in [-0.2, 0) is 4.79 Å². The molecule has 0 aromatic carbocycles. The predicted molar refractivity (Wildman–Crippen MR) is 121 cm³/mol. The van der Waals surface area contributed by atoms with Gasteiger partial charge < -0.3 is 14.9 Å². The van der Waals surface area contributed by atoms with Gasteiger partial charge in [0, 0.05) is 12.8 Å². The Morgan fingerprint density at radius 1 is 0.929 bits per heavy atom. The Hall–Kier alpha value is -0.870. The Kier molecular flexibility index (Phi) is 16.5. The van der Waals surface area contributed by atoms with E-state index in [1.807, 2.05) is 0 Å². The van der Waals surface area contributed by atoms with Gasteiger partial charge in [-0.15, -0.1) is 0 Å². The first-order valence-electron chi connectivity index (χ1n) is 11.7. The SMILES string of the molecule is CCCCCC[C@@H](O)C/C=C\CCCCCCCC(=O)NC(CC)[N+](C)(C)C. The molecule has 1 amide bonds. The van der Waals surface area contributed by atoms with Crippen LogP contribution in [0.15, 0.2) is 12.2 Å². The molecule has 1 unspecified atom stereocenters. The van der Waals surface area contributed by atoms with Crippen molar-refractivity contribution in [2.45, 2.75) is 116 Å². The average molecular weight is 398 g/mol. The third-order valence-electron chi connectivity index (χ3n) is 5.39. The van der Waals surface area contributed by atoms with Crippen molar-refractivity contribution in [1.82, 2.24) is 5.32 Å². The third-order valence-corrected chi connectivity index (χ3v) is 5.39. The second kappa shape index (κ2) is 17.0. The first kappa shape index (κ1) is 27.1. The first-order valence-corrected chi connectivity index (χ1v) is 11.7. The summed E-state index contributed by atoms with van der Waals surface area (Å²) < 4.78 is 0.769. The second-order valence-corrected chi connectivity index (χ2v) is 9.12. The lowest BCUT2D eigenvalue weighted by Gasteiger charge is -2.33. The summed E-state index contributed by atoms with van der Waals surface area (Å²) >= 11 is 0. The van der Waals surface area contributed by atoms with Crippen molar-refractivity contribution in [3.8, 4) is 0 Å². The van der Waals surface area contributed by atoms with E-state index >= 15 is 0 Å². The summed E-state index contributed by atoms with van der Waals surface area (Å²) in [5.41, 5.74) is 0. The van der Waals surface area contributed by atoms with Gasteiger partial charge in [-0.1, -0.05) is 70.9 Å². The number of carbonyl (C=O) groups excluding carboxylic acids is 1. The molecule has 28 heavy (non-hydrogen) atoms. The molecule has 166 valence electrons. The highest BCUT2D eigenvalue weighted by Crippen LogP contribution is 2.11. The topological polar surface area (TPSA) is 49.3 Å². The minimum atomic E-state index is -0.163. The molecule has 4 nitrogen and oxygen atoms in total. The van der Waals surface area contributed by atoms with Gasteiger partial charge in [-0.25, -0.2) is 0 Å². The fraction of sp³-hybridized carbons (Fsp3) is 0.875. The molecule has 0 aliphatic rings. The van der Waals surface area contributed by atoms with Crippen molar-refractivity contribution in [1.29, 1.82) is 0 Å². The van der Waals surface area contributed by atoms with Gasteiger partial charge in [0.1, 0.15) is 0 Å². The van der Waals surface area contributed by atoms with Crippen LogP contribution < -0.4 is 5.32 Å². The number of carbonyl (C=O) groups is 1. The molecule has 4 heteroatoms. The maximum atomic E-state index is 12.1. The number of amides is 1. The Bertz CT molecular complexity index is 402. The largest absolute Gasteiger partial charge is 0.393 e. The number of rotatable bonds is 18. The predicted octanol–water partition coefficient (Wildman–Crippen LogP) is 5.55. The highest BCUT2D eigenvalue weighted by atomic mass is 16.3. The molecule has 0 saturated heterocycles. The fourth-order valence-corrected chi connectivity index (χ4v) is 3.48. The Balaban J connectivity index is 3.55. The van der Waals surface area contributed by atoms with Crippen molar-refractivity contribution in [2.24, 2.45) is 0 Å². The lowest BCUT2D eigenvalue weighted by atomic mass is 10.1. The van der Waals surface area contributed by atoms with Gasteiger partial charge in [0.05, 0.1) is 27.2 Å². The zero-order chi connectivity index (χ0) is 21.3. The zero-order valence-electron chi connectivity index (χ0n) is 19.5. The van der Waals surface area contributed by atoms with Gasteiger partial charge >= 0.3 is 0 Å². The fourth-order valence-electron chi connectivity index (χ4n) is 3.48. The van der Waals surface area contributed by atoms with Crippen LogP contribution in [0.5, 0.6) is 0 Å². The second-order valence-electron chi connectivity index (χ2n) is 9.12.